The second-order valence-electron chi connectivity index (χ2n) is 6.65. The molecule has 0 saturated heterocycles. The summed E-state index contributed by atoms with van der Waals surface area (Å²) in [7, 11) is -3.86. The average Bonchev–Trinajstić information content (AvgIpc) is 2.71. The molecule has 3 aromatic rings. The van der Waals surface area contributed by atoms with Crippen LogP contribution in [0, 0.1) is 6.92 Å². The van der Waals surface area contributed by atoms with Crippen molar-refractivity contribution >= 4 is 21.5 Å². The maximum absolute atomic E-state index is 13.0. The van der Waals surface area contributed by atoms with Gasteiger partial charge in [-0.2, -0.15) is 0 Å². The third-order valence-electron chi connectivity index (χ3n) is 4.90. The second-order valence-corrected chi connectivity index (χ2v) is 8.54. The highest BCUT2D eigenvalue weighted by Crippen LogP contribution is 2.34. The topological polar surface area (TPSA) is 80.3 Å². The van der Waals surface area contributed by atoms with E-state index in [-0.39, 0.29) is 32.3 Å². The number of nitrogens with one attached hydrogen (secondary N) is 1. The first-order valence-corrected chi connectivity index (χ1v) is 10.2. The Morgan fingerprint density at radius 2 is 1.57 bits per heavy atom. The number of sulfone groups is 1. The van der Waals surface area contributed by atoms with Crippen LogP contribution in [0.4, 0.5) is 0 Å². The molecule has 1 N–H and O–H groups in total. The lowest BCUT2D eigenvalue weighted by atomic mass is 10.0. The smallest absolute Gasteiger partial charge is 0.251 e. The molecule has 4 rings (SSSR count). The summed E-state index contributed by atoms with van der Waals surface area (Å²) in [6.07, 6.45) is 0. The first-order valence-electron chi connectivity index (χ1n) is 8.75. The van der Waals surface area contributed by atoms with Gasteiger partial charge in [0.05, 0.1) is 9.79 Å². The van der Waals surface area contributed by atoms with Crippen LogP contribution in [0.1, 0.15) is 37.4 Å². The van der Waals surface area contributed by atoms with Gasteiger partial charge in [-0.3, -0.25) is 9.59 Å². The summed E-state index contributed by atoms with van der Waals surface area (Å²) in [6.45, 7) is 2.28. The van der Waals surface area contributed by atoms with E-state index in [9.17, 15) is 18.0 Å². The number of carbonyl (C=O) groups excluding carboxylic acids is 2. The zero-order chi connectivity index (χ0) is 19.9. The molecule has 0 atom stereocenters. The zero-order valence-electron chi connectivity index (χ0n) is 15.1. The second kappa shape index (κ2) is 6.73. The molecule has 6 heteroatoms. The first kappa shape index (κ1) is 18.1. The van der Waals surface area contributed by atoms with Crippen LogP contribution in [0.2, 0.25) is 0 Å². The molecular weight excluding hydrogens is 374 g/mol. The van der Waals surface area contributed by atoms with Gasteiger partial charge in [-0.05, 0) is 48.4 Å². The van der Waals surface area contributed by atoms with Crippen molar-refractivity contribution in [2.45, 2.75) is 23.3 Å². The largest absolute Gasteiger partial charge is 0.348 e. The predicted molar refractivity (Wildman–Crippen MR) is 104 cm³/mol. The minimum atomic E-state index is -3.86. The van der Waals surface area contributed by atoms with Crippen LogP contribution in [0.25, 0.3) is 0 Å². The first-order chi connectivity index (χ1) is 13.4. The summed E-state index contributed by atoms with van der Waals surface area (Å²) in [5.41, 5.74) is 2.48. The number of hydrogen-bond acceptors (Lipinski definition) is 4. The van der Waals surface area contributed by atoms with Crippen LogP contribution >= 0.6 is 0 Å². The summed E-state index contributed by atoms with van der Waals surface area (Å²) in [6, 6.07) is 18.0. The molecule has 0 bridgehead atoms. The van der Waals surface area contributed by atoms with Gasteiger partial charge in [0.15, 0.2) is 5.78 Å². The Hall–Kier alpha value is -3.25. The van der Waals surface area contributed by atoms with Crippen LogP contribution < -0.4 is 5.32 Å². The molecule has 1 aliphatic heterocycles. The number of rotatable bonds is 3. The number of ketones is 1. The van der Waals surface area contributed by atoms with Gasteiger partial charge in [-0.1, -0.05) is 36.4 Å². The van der Waals surface area contributed by atoms with E-state index in [4.69, 9.17) is 0 Å². The SMILES string of the molecule is Cc1ccccc1CNC(=O)c1ccc2c(c1)S(=O)(=O)c1ccccc1C2=O. The quantitative estimate of drug-likeness (QED) is 0.581. The van der Waals surface area contributed by atoms with Crippen LogP contribution in [-0.2, 0) is 16.4 Å². The van der Waals surface area contributed by atoms with E-state index in [1.807, 2.05) is 31.2 Å². The fourth-order valence-corrected chi connectivity index (χ4v) is 4.99. The molecule has 0 radical (unpaired) electrons. The van der Waals surface area contributed by atoms with Gasteiger partial charge in [-0.25, -0.2) is 8.42 Å². The van der Waals surface area contributed by atoms with E-state index < -0.39 is 15.7 Å². The van der Waals surface area contributed by atoms with Crippen molar-refractivity contribution in [3.8, 4) is 0 Å². The fraction of sp³-hybridized carbons (Fsp3) is 0.0909. The Labute approximate surface area is 162 Å². The van der Waals surface area contributed by atoms with Crippen LogP contribution in [-0.4, -0.2) is 20.1 Å². The number of aryl methyl sites for hydroxylation is 1. The normalized spacial score (nSPS) is 14.1. The van der Waals surface area contributed by atoms with Crippen LogP contribution in [0.5, 0.6) is 0 Å². The molecule has 140 valence electrons. The number of benzene rings is 3. The summed E-state index contributed by atoms with van der Waals surface area (Å²) in [5, 5.41) is 2.80. The Morgan fingerprint density at radius 1 is 0.893 bits per heavy atom. The Kier molecular flexibility index (Phi) is 4.35. The van der Waals surface area contributed by atoms with Crippen LogP contribution in [0.15, 0.2) is 76.5 Å². The highest BCUT2D eigenvalue weighted by Gasteiger charge is 2.34. The fourth-order valence-electron chi connectivity index (χ4n) is 3.31. The lowest BCUT2D eigenvalue weighted by molar-refractivity contribution is 0.0948. The Balaban J connectivity index is 1.67. The number of fused-ring (bicyclic) bond motifs is 2. The molecule has 3 aromatic carbocycles. The van der Waals surface area contributed by atoms with Gasteiger partial charge in [0.2, 0.25) is 9.84 Å². The summed E-state index contributed by atoms with van der Waals surface area (Å²) < 4.78 is 25.9. The molecule has 0 saturated carbocycles. The molecule has 0 unspecified atom stereocenters. The minimum Gasteiger partial charge on any atom is -0.348 e. The van der Waals surface area contributed by atoms with Gasteiger partial charge >= 0.3 is 0 Å². The summed E-state index contributed by atoms with van der Waals surface area (Å²) in [5.74, 6) is -0.750. The van der Waals surface area contributed by atoms with Gasteiger partial charge in [0, 0.05) is 23.2 Å². The van der Waals surface area contributed by atoms with Crippen molar-refractivity contribution in [1.29, 1.82) is 0 Å². The van der Waals surface area contributed by atoms with Crippen molar-refractivity contribution in [2.75, 3.05) is 0 Å². The molecule has 28 heavy (non-hydrogen) atoms. The number of hydrogen-bond donors (Lipinski definition) is 1. The van der Waals surface area contributed by atoms with Crippen molar-refractivity contribution in [3.63, 3.8) is 0 Å². The molecule has 1 amide bonds. The van der Waals surface area contributed by atoms with E-state index in [1.165, 1.54) is 30.3 Å². The van der Waals surface area contributed by atoms with Crippen molar-refractivity contribution in [2.24, 2.45) is 0 Å². The standard InChI is InChI=1S/C22H17NO4S/c1-14-6-2-3-7-16(14)13-23-22(25)15-10-11-18-20(12-15)28(26,27)19-9-5-4-8-17(19)21(18)24/h2-12H,13H2,1H3,(H,23,25). The lowest BCUT2D eigenvalue weighted by Gasteiger charge is -2.19. The van der Waals surface area contributed by atoms with E-state index in [2.05, 4.69) is 5.32 Å². The molecule has 0 aliphatic carbocycles. The molecule has 0 aromatic heterocycles. The predicted octanol–water partition coefficient (Wildman–Crippen LogP) is 3.30. The molecule has 1 heterocycles. The zero-order valence-corrected chi connectivity index (χ0v) is 15.9. The van der Waals surface area contributed by atoms with E-state index >= 15 is 0 Å². The van der Waals surface area contributed by atoms with Crippen LogP contribution in [0.3, 0.4) is 0 Å². The van der Waals surface area contributed by atoms with Gasteiger partial charge in [-0.15, -0.1) is 0 Å². The molecular formula is C22H17NO4S. The summed E-state index contributed by atoms with van der Waals surface area (Å²) in [4.78, 5) is 25.1. The van der Waals surface area contributed by atoms with Gasteiger partial charge in [0.25, 0.3) is 5.91 Å². The average molecular weight is 391 g/mol. The van der Waals surface area contributed by atoms with E-state index in [1.54, 1.807) is 12.1 Å². The lowest BCUT2D eigenvalue weighted by Crippen LogP contribution is -2.25. The number of carbonyl (C=O) groups is 2. The molecule has 0 fully saturated rings. The Morgan fingerprint density at radius 3 is 2.36 bits per heavy atom. The van der Waals surface area contributed by atoms with E-state index in [0.717, 1.165) is 11.1 Å². The maximum Gasteiger partial charge on any atom is 0.251 e. The third-order valence-corrected chi connectivity index (χ3v) is 6.75. The third kappa shape index (κ3) is 2.92. The van der Waals surface area contributed by atoms with E-state index in [0.29, 0.717) is 6.54 Å². The maximum atomic E-state index is 13.0. The highest BCUT2D eigenvalue weighted by molar-refractivity contribution is 7.91. The monoisotopic (exact) mass is 391 g/mol. The minimum absolute atomic E-state index is 0.0232. The molecule has 5 nitrogen and oxygen atoms in total. The van der Waals surface area contributed by atoms with Crippen molar-refractivity contribution < 1.29 is 18.0 Å². The summed E-state index contributed by atoms with van der Waals surface area (Å²) >= 11 is 0. The van der Waals surface area contributed by atoms with Crippen molar-refractivity contribution in [1.82, 2.24) is 5.32 Å². The molecule has 0 spiro atoms. The molecule has 1 aliphatic rings. The van der Waals surface area contributed by atoms with Gasteiger partial charge < -0.3 is 5.32 Å². The van der Waals surface area contributed by atoms with Crippen molar-refractivity contribution in [3.05, 3.63) is 94.5 Å². The highest BCUT2D eigenvalue weighted by atomic mass is 32.2. The van der Waals surface area contributed by atoms with Gasteiger partial charge in [0.1, 0.15) is 0 Å². The Bertz CT molecular complexity index is 1230. The number of amides is 1.